The van der Waals surface area contributed by atoms with Gasteiger partial charge in [0.1, 0.15) is 5.82 Å². The van der Waals surface area contributed by atoms with Crippen molar-refractivity contribution in [3.8, 4) is 0 Å². The minimum Gasteiger partial charge on any atom is -0.395 e. The van der Waals surface area contributed by atoms with E-state index in [2.05, 4.69) is 0 Å². The maximum Gasteiger partial charge on any atom is 0.124 e. The quantitative estimate of drug-likeness (QED) is 0.841. The topological polar surface area (TPSA) is 23.5 Å². The standard InChI is InChI=1S/C11H15ClFNO/c1-2-14(5-6-15)8-9-3-4-10(13)7-11(9)12/h3-4,7,15H,2,5-6,8H2,1H3. The van der Waals surface area contributed by atoms with E-state index in [-0.39, 0.29) is 12.4 Å². The van der Waals surface area contributed by atoms with E-state index in [0.717, 1.165) is 12.1 Å². The van der Waals surface area contributed by atoms with Crippen LogP contribution < -0.4 is 0 Å². The van der Waals surface area contributed by atoms with Crippen LogP contribution >= 0.6 is 11.6 Å². The summed E-state index contributed by atoms with van der Waals surface area (Å²) in [6.07, 6.45) is 0. The molecule has 1 rings (SSSR count). The zero-order chi connectivity index (χ0) is 11.3. The van der Waals surface area contributed by atoms with Gasteiger partial charge in [0.25, 0.3) is 0 Å². The summed E-state index contributed by atoms with van der Waals surface area (Å²) >= 11 is 5.90. The Morgan fingerprint density at radius 1 is 1.47 bits per heavy atom. The second-order valence-electron chi connectivity index (χ2n) is 3.33. The van der Waals surface area contributed by atoms with Crippen LogP contribution in [0.15, 0.2) is 18.2 Å². The Balaban J connectivity index is 2.70. The molecule has 0 bridgehead atoms. The molecule has 1 N–H and O–H groups in total. The minimum atomic E-state index is -0.325. The van der Waals surface area contributed by atoms with Gasteiger partial charge in [-0.25, -0.2) is 4.39 Å². The summed E-state index contributed by atoms with van der Waals surface area (Å²) in [4.78, 5) is 2.04. The number of halogens is 2. The van der Waals surface area contributed by atoms with Gasteiger partial charge in [-0.2, -0.15) is 0 Å². The highest BCUT2D eigenvalue weighted by molar-refractivity contribution is 6.31. The lowest BCUT2D eigenvalue weighted by Gasteiger charge is -2.19. The van der Waals surface area contributed by atoms with E-state index in [1.54, 1.807) is 6.07 Å². The fraction of sp³-hybridized carbons (Fsp3) is 0.455. The number of aliphatic hydroxyl groups excluding tert-OH is 1. The fourth-order valence-corrected chi connectivity index (χ4v) is 1.61. The summed E-state index contributed by atoms with van der Waals surface area (Å²) < 4.78 is 12.8. The van der Waals surface area contributed by atoms with Crippen LogP contribution in [0.5, 0.6) is 0 Å². The van der Waals surface area contributed by atoms with Crippen LogP contribution in [0.25, 0.3) is 0 Å². The van der Waals surface area contributed by atoms with Crippen molar-refractivity contribution in [2.45, 2.75) is 13.5 Å². The molecule has 0 radical (unpaired) electrons. The number of benzene rings is 1. The van der Waals surface area contributed by atoms with Crippen LogP contribution in [0.4, 0.5) is 4.39 Å². The largest absolute Gasteiger partial charge is 0.395 e. The van der Waals surface area contributed by atoms with Gasteiger partial charge in [0.2, 0.25) is 0 Å². The summed E-state index contributed by atoms with van der Waals surface area (Å²) in [5.41, 5.74) is 0.883. The lowest BCUT2D eigenvalue weighted by Crippen LogP contribution is -2.26. The Morgan fingerprint density at radius 2 is 2.20 bits per heavy atom. The van der Waals surface area contributed by atoms with Gasteiger partial charge in [-0.05, 0) is 24.2 Å². The number of nitrogens with zero attached hydrogens (tertiary/aromatic N) is 1. The molecule has 0 aliphatic rings. The highest BCUT2D eigenvalue weighted by Gasteiger charge is 2.06. The lowest BCUT2D eigenvalue weighted by molar-refractivity contribution is 0.197. The molecule has 0 aliphatic heterocycles. The number of likely N-dealkylation sites (N-methyl/N-ethyl adjacent to an activating group) is 1. The lowest BCUT2D eigenvalue weighted by atomic mass is 10.2. The zero-order valence-electron chi connectivity index (χ0n) is 8.71. The SMILES string of the molecule is CCN(CCO)Cc1ccc(F)cc1Cl. The molecule has 0 aliphatic carbocycles. The maximum absolute atomic E-state index is 12.8. The Bertz CT molecular complexity index is 319. The number of rotatable bonds is 5. The molecule has 15 heavy (non-hydrogen) atoms. The van der Waals surface area contributed by atoms with E-state index in [4.69, 9.17) is 16.7 Å². The molecule has 0 saturated carbocycles. The molecule has 0 spiro atoms. The first-order valence-electron chi connectivity index (χ1n) is 4.94. The average Bonchev–Trinajstić information content (AvgIpc) is 2.21. The molecule has 1 aromatic rings. The van der Waals surface area contributed by atoms with Gasteiger partial charge in [0.05, 0.1) is 6.61 Å². The molecular weight excluding hydrogens is 217 g/mol. The highest BCUT2D eigenvalue weighted by atomic mass is 35.5. The summed E-state index contributed by atoms with van der Waals surface area (Å²) in [6.45, 7) is 4.19. The predicted molar refractivity (Wildman–Crippen MR) is 59.4 cm³/mol. The van der Waals surface area contributed by atoms with Crippen molar-refractivity contribution >= 4 is 11.6 Å². The Labute approximate surface area is 94.3 Å². The van der Waals surface area contributed by atoms with E-state index in [0.29, 0.717) is 18.1 Å². The van der Waals surface area contributed by atoms with Crippen LogP contribution in [0.2, 0.25) is 5.02 Å². The third-order valence-electron chi connectivity index (χ3n) is 2.27. The molecule has 0 fully saturated rings. The van der Waals surface area contributed by atoms with Crippen molar-refractivity contribution in [3.63, 3.8) is 0 Å². The second-order valence-corrected chi connectivity index (χ2v) is 3.74. The number of aliphatic hydroxyl groups is 1. The molecule has 2 nitrogen and oxygen atoms in total. The van der Waals surface area contributed by atoms with Gasteiger partial charge in [-0.3, -0.25) is 4.90 Å². The molecule has 84 valence electrons. The van der Waals surface area contributed by atoms with Crippen molar-refractivity contribution < 1.29 is 9.50 Å². The first kappa shape index (κ1) is 12.4. The Hall–Kier alpha value is -0.640. The maximum atomic E-state index is 12.8. The van der Waals surface area contributed by atoms with Gasteiger partial charge in [-0.1, -0.05) is 24.6 Å². The van der Waals surface area contributed by atoms with Gasteiger partial charge >= 0.3 is 0 Å². The summed E-state index contributed by atoms with van der Waals surface area (Å²) in [7, 11) is 0. The third-order valence-corrected chi connectivity index (χ3v) is 2.62. The first-order valence-corrected chi connectivity index (χ1v) is 5.32. The molecule has 1 aromatic carbocycles. The van der Waals surface area contributed by atoms with Crippen molar-refractivity contribution in [2.24, 2.45) is 0 Å². The van der Waals surface area contributed by atoms with Crippen molar-refractivity contribution in [1.29, 1.82) is 0 Å². The van der Waals surface area contributed by atoms with E-state index in [1.807, 2.05) is 11.8 Å². The molecule has 4 heteroatoms. The summed E-state index contributed by atoms with van der Waals surface area (Å²) in [6, 6.07) is 4.38. The van der Waals surface area contributed by atoms with E-state index >= 15 is 0 Å². The summed E-state index contributed by atoms with van der Waals surface area (Å²) in [5, 5.41) is 9.26. The minimum absolute atomic E-state index is 0.118. The molecule has 0 amide bonds. The highest BCUT2D eigenvalue weighted by Crippen LogP contribution is 2.18. The van der Waals surface area contributed by atoms with Crippen LogP contribution in [0.3, 0.4) is 0 Å². The normalized spacial score (nSPS) is 11.0. The number of hydrogen-bond acceptors (Lipinski definition) is 2. The van der Waals surface area contributed by atoms with E-state index in [9.17, 15) is 4.39 Å². The van der Waals surface area contributed by atoms with E-state index < -0.39 is 0 Å². The molecule has 0 unspecified atom stereocenters. The molecule has 0 aromatic heterocycles. The Kier molecular flexibility index (Phi) is 5.02. The van der Waals surface area contributed by atoms with Gasteiger partial charge in [0, 0.05) is 18.1 Å². The second kappa shape index (κ2) is 6.05. The molecule has 0 saturated heterocycles. The molecule has 0 atom stereocenters. The average molecular weight is 232 g/mol. The first-order chi connectivity index (χ1) is 7.17. The van der Waals surface area contributed by atoms with Crippen molar-refractivity contribution in [1.82, 2.24) is 4.90 Å². The Morgan fingerprint density at radius 3 is 2.73 bits per heavy atom. The van der Waals surface area contributed by atoms with Crippen molar-refractivity contribution in [2.75, 3.05) is 19.7 Å². The number of hydrogen-bond donors (Lipinski definition) is 1. The van der Waals surface area contributed by atoms with Crippen LogP contribution in [0.1, 0.15) is 12.5 Å². The summed E-state index contributed by atoms with van der Waals surface area (Å²) in [5.74, 6) is -0.325. The van der Waals surface area contributed by atoms with Gasteiger partial charge in [-0.15, -0.1) is 0 Å². The fourth-order valence-electron chi connectivity index (χ4n) is 1.38. The molecular formula is C11H15ClFNO. The predicted octanol–water partition coefficient (Wildman–Crippen LogP) is 2.29. The van der Waals surface area contributed by atoms with Crippen LogP contribution in [0, 0.1) is 5.82 Å². The molecule has 0 heterocycles. The smallest absolute Gasteiger partial charge is 0.124 e. The van der Waals surface area contributed by atoms with Crippen LogP contribution in [-0.2, 0) is 6.54 Å². The third kappa shape index (κ3) is 3.78. The monoisotopic (exact) mass is 231 g/mol. The van der Waals surface area contributed by atoms with Crippen molar-refractivity contribution in [3.05, 3.63) is 34.6 Å². The zero-order valence-corrected chi connectivity index (χ0v) is 9.47. The van der Waals surface area contributed by atoms with Gasteiger partial charge in [0.15, 0.2) is 0 Å². The van der Waals surface area contributed by atoms with E-state index in [1.165, 1.54) is 12.1 Å². The van der Waals surface area contributed by atoms with Gasteiger partial charge < -0.3 is 5.11 Å². The van der Waals surface area contributed by atoms with Crippen LogP contribution in [-0.4, -0.2) is 29.7 Å².